The second kappa shape index (κ2) is 7.42. The molecule has 1 atom stereocenters. The minimum atomic E-state index is -0.334. The van der Waals surface area contributed by atoms with Crippen LogP contribution in [0.15, 0.2) is 6.33 Å². The van der Waals surface area contributed by atoms with Gasteiger partial charge in [-0.25, -0.2) is 4.98 Å². The zero-order valence-corrected chi connectivity index (χ0v) is 17.5. The van der Waals surface area contributed by atoms with Crippen LogP contribution in [0, 0.1) is 5.92 Å². The number of H-pyrrole nitrogens is 1. The standard InChI is InChI=1S/C22H33N5O2/c1-25-11-4-2-3-5-18(25)21(29)26-13-9-22(10-14-26)19-17(23-15-24-19)8-12-27(22)20(28)16-6-7-16/h15-16,18H,2-14H2,1H3,(H,23,24). The van der Waals surface area contributed by atoms with E-state index in [0.29, 0.717) is 19.0 Å². The molecule has 7 heteroatoms. The number of carbonyl (C=O) groups excluding carboxylic acids is 2. The van der Waals surface area contributed by atoms with Crippen LogP contribution in [0.2, 0.25) is 0 Å². The number of fused-ring (bicyclic) bond motifs is 2. The van der Waals surface area contributed by atoms with Gasteiger partial charge in [-0.1, -0.05) is 12.8 Å². The first-order valence-corrected chi connectivity index (χ1v) is 11.4. The van der Waals surface area contributed by atoms with Gasteiger partial charge in [0.05, 0.1) is 23.6 Å². The normalized spacial score (nSPS) is 27.6. The number of aromatic nitrogens is 2. The summed E-state index contributed by atoms with van der Waals surface area (Å²) in [6.45, 7) is 3.20. The highest BCUT2D eigenvalue weighted by atomic mass is 16.2. The molecule has 2 saturated heterocycles. The molecule has 158 valence electrons. The fourth-order valence-corrected chi connectivity index (χ4v) is 5.73. The van der Waals surface area contributed by atoms with Crippen molar-refractivity contribution >= 4 is 11.8 Å². The van der Waals surface area contributed by atoms with E-state index in [1.165, 1.54) is 18.5 Å². The molecule has 2 amide bonds. The van der Waals surface area contributed by atoms with Crippen molar-refractivity contribution in [1.29, 1.82) is 0 Å². The van der Waals surface area contributed by atoms with Crippen LogP contribution in [0.1, 0.15) is 62.8 Å². The monoisotopic (exact) mass is 399 g/mol. The van der Waals surface area contributed by atoms with Gasteiger partial charge in [0.2, 0.25) is 11.8 Å². The van der Waals surface area contributed by atoms with E-state index >= 15 is 0 Å². The second-order valence-corrected chi connectivity index (χ2v) is 9.45. The van der Waals surface area contributed by atoms with Crippen LogP contribution >= 0.6 is 0 Å². The number of likely N-dealkylation sites (N-methyl/N-ethyl adjacent to an activating group) is 1. The molecule has 7 nitrogen and oxygen atoms in total. The quantitative estimate of drug-likeness (QED) is 0.824. The van der Waals surface area contributed by atoms with Gasteiger partial charge in [0.1, 0.15) is 0 Å². The lowest BCUT2D eigenvalue weighted by atomic mass is 9.78. The molecule has 1 spiro atoms. The van der Waals surface area contributed by atoms with Gasteiger partial charge in [0.15, 0.2) is 0 Å². The molecule has 3 fully saturated rings. The van der Waals surface area contributed by atoms with E-state index in [1.54, 1.807) is 6.33 Å². The molecule has 1 aliphatic carbocycles. The Morgan fingerprint density at radius 1 is 1.03 bits per heavy atom. The zero-order chi connectivity index (χ0) is 20.0. The van der Waals surface area contributed by atoms with Crippen molar-refractivity contribution in [2.45, 2.75) is 69.4 Å². The van der Waals surface area contributed by atoms with Crippen LogP contribution < -0.4 is 0 Å². The Morgan fingerprint density at radius 2 is 1.83 bits per heavy atom. The van der Waals surface area contributed by atoms with Crippen LogP contribution in [-0.4, -0.2) is 75.8 Å². The highest BCUT2D eigenvalue weighted by molar-refractivity contribution is 5.83. The molecule has 4 aliphatic rings. The van der Waals surface area contributed by atoms with Crippen molar-refractivity contribution in [3.63, 3.8) is 0 Å². The number of nitrogens with one attached hydrogen (secondary N) is 1. The maximum Gasteiger partial charge on any atom is 0.239 e. The second-order valence-electron chi connectivity index (χ2n) is 9.45. The van der Waals surface area contributed by atoms with Gasteiger partial charge >= 0.3 is 0 Å². The Bertz CT molecular complexity index is 778. The van der Waals surface area contributed by atoms with Crippen LogP contribution in [-0.2, 0) is 21.5 Å². The highest BCUT2D eigenvalue weighted by Gasteiger charge is 2.51. The smallest absolute Gasteiger partial charge is 0.239 e. The van der Waals surface area contributed by atoms with Crippen molar-refractivity contribution < 1.29 is 9.59 Å². The predicted molar refractivity (Wildman–Crippen MR) is 109 cm³/mol. The highest BCUT2D eigenvalue weighted by Crippen LogP contribution is 2.45. The number of aromatic amines is 1. The SMILES string of the molecule is CN1CCCCCC1C(=O)N1CCC2(CC1)c1nc[nH]c1CCN2C(=O)C1CC1. The summed E-state index contributed by atoms with van der Waals surface area (Å²) in [4.78, 5) is 40.8. The van der Waals surface area contributed by atoms with Gasteiger partial charge in [-0.2, -0.15) is 0 Å². The summed E-state index contributed by atoms with van der Waals surface area (Å²) in [6.07, 6.45) is 10.8. The molecule has 4 heterocycles. The Morgan fingerprint density at radius 3 is 2.59 bits per heavy atom. The Kier molecular flexibility index (Phi) is 4.88. The average molecular weight is 400 g/mol. The number of carbonyl (C=O) groups is 2. The van der Waals surface area contributed by atoms with Gasteiger partial charge in [-0.3, -0.25) is 14.5 Å². The maximum atomic E-state index is 13.3. The average Bonchev–Trinajstić information content (AvgIpc) is 3.51. The third-order valence-corrected chi connectivity index (χ3v) is 7.66. The summed E-state index contributed by atoms with van der Waals surface area (Å²) < 4.78 is 0. The number of hydrogen-bond donors (Lipinski definition) is 1. The zero-order valence-electron chi connectivity index (χ0n) is 17.5. The molecule has 3 aliphatic heterocycles. The first-order chi connectivity index (χ1) is 14.1. The van der Waals surface area contributed by atoms with Gasteiger partial charge in [-0.05, 0) is 52.1 Å². The minimum absolute atomic E-state index is 0.0167. The maximum absolute atomic E-state index is 13.3. The number of amides is 2. The van der Waals surface area contributed by atoms with E-state index in [9.17, 15) is 9.59 Å². The van der Waals surface area contributed by atoms with E-state index in [-0.39, 0.29) is 23.4 Å². The van der Waals surface area contributed by atoms with E-state index in [2.05, 4.69) is 31.7 Å². The number of likely N-dealkylation sites (tertiary alicyclic amines) is 2. The largest absolute Gasteiger partial charge is 0.348 e. The third kappa shape index (κ3) is 3.27. The molecule has 0 aromatic carbocycles. The Balaban J connectivity index is 1.35. The molecule has 0 radical (unpaired) electrons. The summed E-state index contributed by atoms with van der Waals surface area (Å²) in [5.74, 6) is 0.802. The molecule has 29 heavy (non-hydrogen) atoms. The molecule has 1 aromatic rings. The fraction of sp³-hybridized carbons (Fsp3) is 0.773. The number of imidazole rings is 1. The third-order valence-electron chi connectivity index (χ3n) is 7.66. The van der Waals surface area contributed by atoms with E-state index in [1.807, 2.05) is 0 Å². The van der Waals surface area contributed by atoms with Crippen LogP contribution in [0.25, 0.3) is 0 Å². The summed E-state index contributed by atoms with van der Waals surface area (Å²) in [7, 11) is 2.09. The lowest BCUT2D eigenvalue weighted by Gasteiger charge is -2.51. The topological polar surface area (TPSA) is 72.5 Å². The number of hydrogen-bond acceptors (Lipinski definition) is 4. The Hall–Kier alpha value is -1.89. The Labute approximate surface area is 172 Å². The molecular weight excluding hydrogens is 366 g/mol. The molecular formula is C22H33N5O2. The van der Waals surface area contributed by atoms with Crippen LogP contribution in [0.4, 0.5) is 0 Å². The number of rotatable bonds is 2. The molecule has 0 bridgehead atoms. The predicted octanol–water partition coefficient (Wildman–Crippen LogP) is 1.90. The summed E-state index contributed by atoms with van der Waals surface area (Å²) >= 11 is 0. The molecule has 1 N–H and O–H groups in total. The van der Waals surface area contributed by atoms with Gasteiger partial charge in [-0.15, -0.1) is 0 Å². The van der Waals surface area contributed by atoms with Gasteiger partial charge in [0, 0.05) is 37.7 Å². The fourth-order valence-electron chi connectivity index (χ4n) is 5.73. The molecule has 5 rings (SSSR count). The van der Waals surface area contributed by atoms with E-state index in [0.717, 1.165) is 63.7 Å². The van der Waals surface area contributed by atoms with Gasteiger partial charge in [0.25, 0.3) is 0 Å². The number of nitrogens with zero attached hydrogens (tertiary/aromatic N) is 4. The van der Waals surface area contributed by atoms with Crippen LogP contribution in [0.5, 0.6) is 0 Å². The molecule has 1 saturated carbocycles. The lowest BCUT2D eigenvalue weighted by Crippen LogP contribution is -2.60. The van der Waals surface area contributed by atoms with Gasteiger partial charge < -0.3 is 14.8 Å². The van der Waals surface area contributed by atoms with E-state index < -0.39 is 0 Å². The van der Waals surface area contributed by atoms with Crippen molar-refractivity contribution in [2.24, 2.45) is 5.92 Å². The van der Waals surface area contributed by atoms with Crippen molar-refractivity contribution in [3.8, 4) is 0 Å². The minimum Gasteiger partial charge on any atom is -0.348 e. The van der Waals surface area contributed by atoms with Crippen LogP contribution in [0.3, 0.4) is 0 Å². The first kappa shape index (κ1) is 19.1. The summed E-state index contributed by atoms with van der Waals surface area (Å²) in [5.41, 5.74) is 1.89. The summed E-state index contributed by atoms with van der Waals surface area (Å²) in [6, 6.07) is 0.0167. The van der Waals surface area contributed by atoms with Crippen molar-refractivity contribution in [1.82, 2.24) is 24.7 Å². The lowest BCUT2D eigenvalue weighted by molar-refractivity contribution is -0.147. The number of piperidine rings is 1. The van der Waals surface area contributed by atoms with E-state index in [4.69, 9.17) is 0 Å². The first-order valence-electron chi connectivity index (χ1n) is 11.4. The molecule has 1 unspecified atom stereocenters. The van der Waals surface area contributed by atoms with Crippen molar-refractivity contribution in [2.75, 3.05) is 33.2 Å². The molecule has 1 aromatic heterocycles. The van der Waals surface area contributed by atoms with Crippen molar-refractivity contribution in [3.05, 3.63) is 17.7 Å². The summed E-state index contributed by atoms with van der Waals surface area (Å²) in [5, 5.41) is 0.